The van der Waals surface area contributed by atoms with E-state index in [1.165, 1.54) is 4.90 Å². The Hall–Kier alpha value is -1.59. The van der Waals surface area contributed by atoms with Crippen molar-refractivity contribution in [2.24, 2.45) is 5.92 Å². The van der Waals surface area contributed by atoms with Crippen LogP contribution in [0, 0.1) is 5.92 Å². The molecule has 2 rings (SSSR count). The predicted octanol–water partition coefficient (Wildman–Crippen LogP) is 2.18. The highest BCUT2D eigenvalue weighted by Gasteiger charge is 2.33. The summed E-state index contributed by atoms with van der Waals surface area (Å²) in [5.41, 5.74) is 0.490. The Bertz CT molecular complexity index is 520. The molecule has 0 aliphatic carbocycles. The van der Waals surface area contributed by atoms with E-state index < -0.39 is 5.97 Å². The van der Waals surface area contributed by atoms with Gasteiger partial charge in [-0.2, -0.15) is 0 Å². The maximum atomic E-state index is 12.5. The Morgan fingerprint density at radius 2 is 2.25 bits per heavy atom. The fourth-order valence-electron chi connectivity index (χ4n) is 2.29. The second-order valence-electron chi connectivity index (χ2n) is 4.87. The van der Waals surface area contributed by atoms with Crippen molar-refractivity contribution in [2.75, 3.05) is 18.1 Å². The SMILES string of the molecule is CC1CC(C(=O)N(CC(=O)O)c2cccc(Cl)c2)CO1. The van der Waals surface area contributed by atoms with Crippen molar-refractivity contribution in [3.05, 3.63) is 29.3 Å². The molecule has 2 atom stereocenters. The lowest BCUT2D eigenvalue weighted by Crippen LogP contribution is -2.40. The largest absolute Gasteiger partial charge is 0.480 e. The van der Waals surface area contributed by atoms with Gasteiger partial charge in [0.05, 0.1) is 18.6 Å². The average molecular weight is 298 g/mol. The quantitative estimate of drug-likeness (QED) is 0.925. The molecule has 5 nitrogen and oxygen atoms in total. The van der Waals surface area contributed by atoms with E-state index in [4.69, 9.17) is 21.4 Å². The van der Waals surface area contributed by atoms with Crippen LogP contribution >= 0.6 is 11.6 Å². The van der Waals surface area contributed by atoms with E-state index in [0.717, 1.165) is 0 Å². The van der Waals surface area contributed by atoms with Gasteiger partial charge < -0.3 is 14.7 Å². The van der Waals surface area contributed by atoms with Crippen molar-refractivity contribution in [3.8, 4) is 0 Å². The zero-order valence-electron chi connectivity index (χ0n) is 11.1. The van der Waals surface area contributed by atoms with Crippen LogP contribution in [0.2, 0.25) is 5.02 Å². The van der Waals surface area contributed by atoms with Crippen molar-refractivity contribution >= 4 is 29.2 Å². The van der Waals surface area contributed by atoms with Crippen LogP contribution in [0.5, 0.6) is 0 Å². The van der Waals surface area contributed by atoms with E-state index in [1.807, 2.05) is 6.92 Å². The molecule has 0 bridgehead atoms. The second-order valence-corrected chi connectivity index (χ2v) is 5.31. The number of carbonyl (C=O) groups is 2. The molecule has 6 heteroatoms. The molecule has 1 heterocycles. The fraction of sp³-hybridized carbons (Fsp3) is 0.429. The number of rotatable bonds is 4. The third-order valence-corrected chi connectivity index (χ3v) is 3.46. The van der Waals surface area contributed by atoms with E-state index in [9.17, 15) is 9.59 Å². The number of carboxylic acid groups (broad SMARTS) is 1. The first-order valence-electron chi connectivity index (χ1n) is 6.37. The Labute approximate surface area is 122 Å². The van der Waals surface area contributed by atoms with Gasteiger partial charge in [-0.25, -0.2) is 0 Å². The number of nitrogens with zero attached hydrogens (tertiary/aromatic N) is 1. The van der Waals surface area contributed by atoms with E-state index in [-0.39, 0.29) is 24.5 Å². The predicted molar refractivity (Wildman–Crippen MR) is 75.0 cm³/mol. The molecule has 0 aromatic heterocycles. The molecule has 2 unspecified atom stereocenters. The van der Waals surface area contributed by atoms with Crippen LogP contribution in [0.3, 0.4) is 0 Å². The molecule has 1 aliphatic heterocycles. The normalized spacial score (nSPS) is 21.7. The molecule has 1 N–H and O–H groups in total. The van der Waals surface area contributed by atoms with E-state index in [0.29, 0.717) is 23.7 Å². The number of ether oxygens (including phenoxy) is 1. The molecule has 0 spiro atoms. The molecule has 1 saturated heterocycles. The molecular weight excluding hydrogens is 282 g/mol. The third-order valence-electron chi connectivity index (χ3n) is 3.23. The van der Waals surface area contributed by atoms with Crippen LogP contribution in [0.25, 0.3) is 0 Å². The first kappa shape index (κ1) is 14.8. The number of carbonyl (C=O) groups excluding carboxylic acids is 1. The summed E-state index contributed by atoms with van der Waals surface area (Å²) < 4.78 is 5.38. The van der Waals surface area contributed by atoms with Crippen LogP contribution < -0.4 is 4.90 Å². The fourth-order valence-corrected chi connectivity index (χ4v) is 2.47. The van der Waals surface area contributed by atoms with Crippen molar-refractivity contribution in [1.82, 2.24) is 0 Å². The van der Waals surface area contributed by atoms with Crippen molar-refractivity contribution < 1.29 is 19.4 Å². The first-order chi connectivity index (χ1) is 9.47. The van der Waals surface area contributed by atoms with Crippen molar-refractivity contribution in [1.29, 1.82) is 0 Å². The number of benzene rings is 1. The highest BCUT2D eigenvalue weighted by Crippen LogP contribution is 2.26. The Balaban J connectivity index is 2.23. The summed E-state index contributed by atoms with van der Waals surface area (Å²) in [5, 5.41) is 9.46. The maximum absolute atomic E-state index is 12.5. The Kier molecular flexibility index (Phi) is 4.62. The van der Waals surface area contributed by atoms with Gasteiger partial charge >= 0.3 is 5.97 Å². The zero-order valence-corrected chi connectivity index (χ0v) is 11.8. The van der Waals surface area contributed by atoms with Crippen molar-refractivity contribution in [2.45, 2.75) is 19.4 Å². The lowest BCUT2D eigenvalue weighted by Gasteiger charge is -2.23. The van der Waals surface area contributed by atoms with Gasteiger partial charge in [-0.15, -0.1) is 0 Å². The Morgan fingerprint density at radius 3 is 2.80 bits per heavy atom. The minimum absolute atomic E-state index is 0.0231. The summed E-state index contributed by atoms with van der Waals surface area (Å²) >= 11 is 5.90. The number of anilines is 1. The topological polar surface area (TPSA) is 66.8 Å². The Morgan fingerprint density at radius 1 is 1.50 bits per heavy atom. The zero-order chi connectivity index (χ0) is 14.7. The molecule has 1 amide bonds. The van der Waals surface area contributed by atoms with Crippen molar-refractivity contribution in [3.63, 3.8) is 0 Å². The summed E-state index contributed by atoms with van der Waals surface area (Å²) in [7, 11) is 0. The summed E-state index contributed by atoms with van der Waals surface area (Å²) in [4.78, 5) is 24.7. The third kappa shape index (κ3) is 3.49. The van der Waals surface area contributed by atoms with Gasteiger partial charge in [-0.05, 0) is 31.5 Å². The van der Waals surface area contributed by atoms with Gasteiger partial charge in [0.2, 0.25) is 5.91 Å². The minimum Gasteiger partial charge on any atom is -0.480 e. The van der Waals surface area contributed by atoms with Gasteiger partial charge in [0, 0.05) is 10.7 Å². The van der Waals surface area contributed by atoms with Gasteiger partial charge in [-0.1, -0.05) is 17.7 Å². The number of halogens is 1. The number of aliphatic carboxylic acids is 1. The van der Waals surface area contributed by atoms with Gasteiger partial charge in [-0.3, -0.25) is 9.59 Å². The molecule has 0 radical (unpaired) electrons. The van der Waals surface area contributed by atoms with Crippen LogP contribution in [0.4, 0.5) is 5.69 Å². The smallest absolute Gasteiger partial charge is 0.323 e. The average Bonchev–Trinajstić information content (AvgIpc) is 2.81. The van der Waals surface area contributed by atoms with E-state index in [1.54, 1.807) is 24.3 Å². The van der Waals surface area contributed by atoms with Gasteiger partial charge in [0.15, 0.2) is 0 Å². The molecular formula is C14H16ClNO4. The number of hydrogen-bond donors (Lipinski definition) is 1. The van der Waals surface area contributed by atoms with Gasteiger partial charge in [0.25, 0.3) is 0 Å². The maximum Gasteiger partial charge on any atom is 0.323 e. The minimum atomic E-state index is -1.06. The molecule has 20 heavy (non-hydrogen) atoms. The lowest BCUT2D eigenvalue weighted by molar-refractivity contribution is -0.137. The summed E-state index contributed by atoms with van der Waals surface area (Å²) in [6.07, 6.45) is 0.630. The number of amides is 1. The molecule has 108 valence electrons. The molecule has 1 aromatic rings. The monoisotopic (exact) mass is 297 g/mol. The highest BCUT2D eigenvalue weighted by molar-refractivity contribution is 6.31. The number of hydrogen-bond acceptors (Lipinski definition) is 3. The second kappa shape index (κ2) is 6.24. The van der Waals surface area contributed by atoms with E-state index in [2.05, 4.69) is 0 Å². The molecule has 1 fully saturated rings. The van der Waals surface area contributed by atoms with Crippen LogP contribution in [-0.2, 0) is 14.3 Å². The summed E-state index contributed by atoms with van der Waals surface area (Å²) in [5.74, 6) is -1.60. The standard InChI is InChI=1S/C14H16ClNO4/c1-9-5-10(8-20-9)14(19)16(7-13(17)18)12-4-2-3-11(15)6-12/h2-4,6,9-10H,5,7-8H2,1H3,(H,17,18). The molecule has 1 aromatic carbocycles. The molecule has 1 aliphatic rings. The molecule has 0 saturated carbocycles. The van der Waals surface area contributed by atoms with Crippen LogP contribution in [-0.4, -0.2) is 36.2 Å². The highest BCUT2D eigenvalue weighted by atomic mass is 35.5. The van der Waals surface area contributed by atoms with E-state index >= 15 is 0 Å². The summed E-state index contributed by atoms with van der Waals surface area (Å²) in [6, 6.07) is 6.62. The van der Waals surface area contributed by atoms with Gasteiger partial charge in [0.1, 0.15) is 6.54 Å². The van der Waals surface area contributed by atoms with Crippen LogP contribution in [0.1, 0.15) is 13.3 Å². The number of carboxylic acids is 1. The first-order valence-corrected chi connectivity index (χ1v) is 6.75. The van der Waals surface area contributed by atoms with Crippen LogP contribution in [0.15, 0.2) is 24.3 Å². The lowest BCUT2D eigenvalue weighted by atomic mass is 10.0. The summed E-state index contributed by atoms with van der Waals surface area (Å²) in [6.45, 7) is 1.84.